The third-order valence-corrected chi connectivity index (χ3v) is 5.09. The van der Waals surface area contributed by atoms with E-state index in [1.165, 1.54) is 0 Å². The Kier molecular flexibility index (Phi) is 3.64. The van der Waals surface area contributed by atoms with Gasteiger partial charge in [-0.1, -0.05) is 0 Å². The van der Waals surface area contributed by atoms with Gasteiger partial charge in [0.25, 0.3) is 0 Å². The third-order valence-electron chi connectivity index (χ3n) is 1.19. The Morgan fingerprint density at radius 3 is 2.09 bits per heavy atom. The molecule has 0 heterocycles. The van der Waals surface area contributed by atoms with E-state index < -0.39 is 0 Å². The fourth-order valence-electron chi connectivity index (χ4n) is 0.650. The highest BCUT2D eigenvalue weighted by molar-refractivity contribution is 14.1. The first-order chi connectivity index (χ1) is 5.15. The summed E-state index contributed by atoms with van der Waals surface area (Å²) in [6.07, 6.45) is 0. The molecule has 11 heavy (non-hydrogen) atoms. The predicted molar refractivity (Wildman–Crippen MR) is 61.1 cm³/mol. The minimum atomic E-state index is 0.851. The monoisotopic (exact) mass is 390 g/mol. The fraction of sp³-hybridized carbons (Fsp3) is 0.143. The Morgan fingerprint density at radius 2 is 1.73 bits per heavy atom. The predicted octanol–water partition coefficient (Wildman–Crippen LogP) is 3.82. The van der Waals surface area contributed by atoms with Gasteiger partial charge in [0, 0.05) is 12.5 Å². The maximum Gasteiger partial charge on any atom is 0.121 e. The standard InChI is InChI=1S/C7H5Br2IO/c1-11-4-2-5(8)7(10)6(9)3-4/h2-3H,1H3. The van der Waals surface area contributed by atoms with Gasteiger partial charge in [0.2, 0.25) is 0 Å². The number of hydrogen-bond acceptors (Lipinski definition) is 1. The molecule has 0 unspecified atom stereocenters. The second-order valence-corrected chi connectivity index (χ2v) is 4.69. The first-order valence-corrected chi connectivity index (χ1v) is 5.50. The van der Waals surface area contributed by atoms with Crippen LogP contribution in [0.25, 0.3) is 0 Å². The Labute approximate surface area is 95.9 Å². The maximum atomic E-state index is 5.07. The highest BCUT2D eigenvalue weighted by Gasteiger charge is 2.03. The Balaban J connectivity index is 3.21. The molecular weight excluding hydrogens is 387 g/mol. The van der Waals surface area contributed by atoms with E-state index in [9.17, 15) is 0 Å². The van der Waals surface area contributed by atoms with Crippen LogP contribution in [0.1, 0.15) is 0 Å². The summed E-state index contributed by atoms with van der Waals surface area (Å²) in [7, 11) is 1.65. The van der Waals surface area contributed by atoms with E-state index in [2.05, 4.69) is 54.5 Å². The van der Waals surface area contributed by atoms with E-state index >= 15 is 0 Å². The summed E-state index contributed by atoms with van der Waals surface area (Å²) >= 11 is 9.09. The topological polar surface area (TPSA) is 9.23 Å². The zero-order chi connectivity index (χ0) is 8.43. The van der Waals surface area contributed by atoms with Gasteiger partial charge in [-0.15, -0.1) is 0 Å². The number of methoxy groups -OCH3 is 1. The van der Waals surface area contributed by atoms with Crippen molar-refractivity contribution in [2.75, 3.05) is 7.11 Å². The Hall–Kier alpha value is 0.710. The molecule has 0 saturated carbocycles. The number of halogens is 3. The molecule has 0 amide bonds. The maximum absolute atomic E-state index is 5.07. The molecule has 0 bridgehead atoms. The van der Waals surface area contributed by atoms with Crippen LogP contribution in [-0.4, -0.2) is 7.11 Å². The summed E-state index contributed by atoms with van der Waals surface area (Å²) in [5.41, 5.74) is 0. The van der Waals surface area contributed by atoms with Crippen LogP contribution < -0.4 is 4.74 Å². The van der Waals surface area contributed by atoms with E-state index in [-0.39, 0.29) is 0 Å². The van der Waals surface area contributed by atoms with E-state index in [0.717, 1.165) is 18.3 Å². The van der Waals surface area contributed by atoms with Crippen LogP contribution in [0.4, 0.5) is 0 Å². The largest absolute Gasteiger partial charge is 0.497 e. The molecule has 0 aliphatic rings. The van der Waals surface area contributed by atoms with Crippen LogP contribution in [0.5, 0.6) is 5.75 Å². The number of hydrogen-bond donors (Lipinski definition) is 0. The lowest BCUT2D eigenvalue weighted by Crippen LogP contribution is -1.85. The molecule has 0 radical (unpaired) electrons. The van der Waals surface area contributed by atoms with Crippen molar-refractivity contribution in [1.82, 2.24) is 0 Å². The van der Waals surface area contributed by atoms with Crippen LogP contribution in [0, 0.1) is 3.57 Å². The van der Waals surface area contributed by atoms with Crippen molar-refractivity contribution in [3.8, 4) is 5.75 Å². The van der Waals surface area contributed by atoms with E-state index in [1.807, 2.05) is 12.1 Å². The van der Waals surface area contributed by atoms with Gasteiger partial charge in [-0.05, 0) is 66.6 Å². The van der Waals surface area contributed by atoms with Crippen LogP contribution in [0.3, 0.4) is 0 Å². The molecule has 0 N–H and O–H groups in total. The van der Waals surface area contributed by atoms with Crippen molar-refractivity contribution in [3.05, 3.63) is 24.6 Å². The van der Waals surface area contributed by atoms with Gasteiger partial charge in [-0.3, -0.25) is 0 Å². The molecule has 0 saturated heterocycles. The van der Waals surface area contributed by atoms with Crippen molar-refractivity contribution in [2.24, 2.45) is 0 Å². The molecule has 60 valence electrons. The van der Waals surface area contributed by atoms with Gasteiger partial charge in [0.1, 0.15) is 5.75 Å². The van der Waals surface area contributed by atoms with Gasteiger partial charge < -0.3 is 4.74 Å². The number of benzene rings is 1. The van der Waals surface area contributed by atoms with Crippen LogP contribution in [0.2, 0.25) is 0 Å². The van der Waals surface area contributed by atoms with Crippen molar-refractivity contribution >= 4 is 54.5 Å². The quantitative estimate of drug-likeness (QED) is 0.522. The zero-order valence-electron chi connectivity index (χ0n) is 5.70. The molecule has 0 spiro atoms. The van der Waals surface area contributed by atoms with Crippen molar-refractivity contribution in [3.63, 3.8) is 0 Å². The van der Waals surface area contributed by atoms with Gasteiger partial charge in [0.05, 0.1) is 7.11 Å². The SMILES string of the molecule is COc1cc(Br)c(I)c(Br)c1. The first kappa shape index (κ1) is 9.80. The summed E-state index contributed by atoms with van der Waals surface area (Å²) in [5.74, 6) is 0.851. The average molecular weight is 392 g/mol. The summed E-state index contributed by atoms with van der Waals surface area (Å²) in [5, 5.41) is 0. The highest BCUT2D eigenvalue weighted by Crippen LogP contribution is 2.31. The molecule has 1 rings (SSSR count). The smallest absolute Gasteiger partial charge is 0.121 e. The minimum absolute atomic E-state index is 0.851. The van der Waals surface area contributed by atoms with Gasteiger partial charge in [0.15, 0.2) is 0 Å². The van der Waals surface area contributed by atoms with Gasteiger partial charge in [-0.2, -0.15) is 0 Å². The Bertz CT molecular complexity index is 252. The summed E-state index contributed by atoms with van der Waals surface area (Å²) in [6, 6.07) is 3.87. The fourth-order valence-corrected chi connectivity index (χ4v) is 2.11. The third kappa shape index (κ3) is 2.32. The first-order valence-electron chi connectivity index (χ1n) is 2.83. The molecule has 4 heteroatoms. The van der Waals surface area contributed by atoms with Crippen LogP contribution in [-0.2, 0) is 0 Å². The molecule has 1 aromatic carbocycles. The van der Waals surface area contributed by atoms with E-state index in [4.69, 9.17) is 4.74 Å². The lowest BCUT2D eigenvalue weighted by atomic mass is 10.3. The lowest BCUT2D eigenvalue weighted by Gasteiger charge is -2.03. The van der Waals surface area contributed by atoms with Gasteiger partial charge in [-0.25, -0.2) is 0 Å². The van der Waals surface area contributed by atoms with E-state index in [1.54, 1.807) is 7.11 Å². The average Bonchev–Trinajstić information content (AvgIpc) is 1.99. The number of rotatable bonds is 1. The summed E-state index contributed by atoms with van der Waals surface area (Å²) in [4.78, 5) is 0. The van der Waals surface area contributed by atoms with Crippen LogP contribution in [0.15, 0.2) is 21.1 Å². The molecule has 0 fully saturated rings. The van der Waals surface area contributed by atoms with Crippen LogP contribution >= 0.6 is 54.5 Å². The summed E-state index contributed by atoms with van der Waals surface area (Å²) in [6.45, 7) is 0. The molecule has 0 aliphatic heterocycles. The molecular formula is C7H5Br2IO. The van der Waals surface area contributed by atoms with E-state index in [0.29, 0.717) is 0 Å². The molecule has 1 nitrogen and oxygen atoms in total. The van der Waals surface area contributed by atoms with Gasteiger partial charge >= 0.3 is 0 Å². The van der Waals surface area contributed by atoms with Crippen molar-refractivity contribution in [1.29, 1.82) is 0 Å². The molecule has 0 aromatic heterocycles. The molecule has 0 aliphatic carbocycles. The lowest BCUT2D eigenvalue weighted by molar-refractivity contribution is 0.414. The number of ether oxygens (including phenoxy) is 1. The molecule has 0 atom stereocenters. The highest BCUT2D eigenvalue weighted by atomic mass is 127. The van der Waals surface area contributed by atoms with Crippen molar-refractivity contribution < 1.29 is 4.74 Å². The minimum Gasteiger partial charge on any atom is -0.497 e. The second kappa shape index (κ2) is 4.09. The Morgan fingerprint density at radius 1 is 1.27 bits per heavy atom. The second-order valence-electron chi connectivity index (χ2n) is 1.91. The summed E-state index contributed by atoms with van der Waals surface area (Å²) < 4.78 is 8.31. The molecule has 1 aromatic rings. The zero-order valence-corrected chi connectivity index (χ0v) is 11.0. The normalized spacial score (nSPS) is 9.82. The van der Waals surface area contributed by atoms with Crippen molar-refractivity contribution in [2.45, 2.75) is 0 Å².